The summed E-state index contributed by atoms with van der Waals surface area (Å²) in [6, 6.07) is 66.1. The van der Waals surface area contributed by atoms with Crippen LogP contribution < -0.4 is 0 Å². The second-order valence-electron chi connectivity index (χ2n) is 14.6. The minimum atomic E-state index is 0.588. The van der Waals surface area contributed by atoms with Gasteiger partial charge in [-0.2, -0.15) is 9.97 Å². The van der Waals surface area contributed by atoms with Crippen LogP contribution >= 0.6 is 11.3 Å². The van der Waals surface area contributed by atoms with E-state index in [4.69, 9.17) is 19.9 Å². The van der Waals surface area contributed by atoms with Crippen LogP contribution in [-0.2, 0) is 0 Å². The molecular formula is C52H31N5S. The van der Waals surface area contributed by atoms with Crippen molar-refractivity contribution in [3.05, 3.63) is 188 Å². The molecule has 0 atom stereocenters. The Hall–Kier alpha value is -7.54. The van der Waals surface area contributed by atoms with Gasteiger partial charge in [-0.15, -0.1) is 11.3 Å². The molecule has 12 rings (SSSR count). The predicted molar refractivity (Wildman–Crippen MR) is 242 cm³/mol. The summed E-state index contributed by atoms with van der Waals surface area (Å²) in [4.78, 5) is 20.5. The average Bonchev–Trinajstić information content (AvgIpc) is 3.85. The molecule has 0 aliphatic rings. The van der Waals surface area contributed by atoms with Crippen molar-refractivity contribution in [2.75, 3.05) is 0 Å². The van der Waals surface area contributed by atoms with E-state index in [1.54, 1.807) is 0 Å². The van der Waals surface area contributed by atoms with Gasteiger partial charge in [0.2, 0.25) is 5.95 Å². The fourth-order valence-corrected chi connectivity index (χ4v) is 9.66. The van der Waals surface area contributed by atoms with Gasteiger partial charge >= 0.3 is 0 Å². The van der Waals surface area contributed by atoms with E-state index in [9.17, 15) is 0 Å². The number of aromatic nitrogens is 5. The van der Waals surface area contributed by atoms with Gasteiger partial charge < -0.3 is 0 Å². The van der Waals surface area contributed by atoms with Crippen molar-refractivity contribution in [2.45, 2.75) is 0 Å². The number of hydrogen-bond donors (Lipinski definition) is 0. The van der Waals surface area contributed by atoms with Crippen molar-refractivity contribution in [1.82, 2.24) is 24.5 Å². The summed E-state index contributed by atoms with van der Waals surface area (Å²) in [5.74, 6) is 1.84. The first kappa shape index (κ1) is 32.7. The fraction of sp³-hybridized carbons (Fsp3) is 0. The first-order chi connectivity index (χ1) is 28.7. The third-order valence-corrected chi connectivity index (χ3v) is 12.4. The summed E-state index contributed by atoms with van der Waals surface area (Å²) >= 11 is 1.85. The van der Waals surface area contributed by atoms with Crippen LogP contribution in [0.4, 0.5) is 0 Å². The molecular weight excluding hydrogens is 727 g/mol. The van der Waals surface area contributed by atoms with Gasteiger partial charge in [0.05, 0.1) is 22.2 Å². The topological polar surface area (TPSA) is 56.5 Å². The third-order valence-electron chi connectivity index (χ3n) is 11.3. The van der Waals surface area contributed by atoms with Crippen LogP contribution in [0.25, 0.3) is 115 Å². The zero-order valence-corrected chi connectivity index (χ0v) is 31.9. The lowest BCUT2D eigenvalue weighted by Crippen LogP contribution is -2.06. The van der Waals surface area contributed by atoms with Gasteiger partial charge in [0.25, 0.3) is 0 Å². The molecule has 4 aromatic heterocycles. The van der Waals surface area contributed by atoms with Crippen LogP contribution in [0.5, 0.6) is 0 Å². The van der Waals surface area contributed by atoms with Crippen molar-refractivity contribution in [3.63, 3.8) is 0 Å². The second kappa shape index (κ2) is 13.0. The Kier molecular flexibility index (Phi) is 7.33. The molecule has 58 heavy (non-hydrogen) atoms. The van der Waals surface area contributed by atoms with Crippen LogP contribution in [0.15, 0.2) is 188 Å². The minimum Gasteiger partial charge on any atom is -0.278 e. The summed E-state index contributed by atoms with van der Waals surface area (Å²) in [5, 5.41) is 8.45. The lowest BCUT2D eigenvalue weighted by Gasteiger charge is -2.12. The molecule has 0 N–H and O–H groups in total. The lowest BCUT2D eigenvalue weighted by atomic mass is 9.95. The Balaban J connectivity index is 1.01. The number of hydrogen-bond acceptors (Lipinski definition) is 5. The SMILES string of the molecule is c1ccc(-c2nc(-c3ccc(-c4ccc5sc6ccc7c(-c8ccccc8)nc8ccccc8c7c6c5c4)cc3)nc(-n3c4ccccc4c4ccccc43)n2)cc1. The molecule has 270 valence electrons. The molecule has 0 aliphatic heterocycles. The van der Waals surface area contributed by atoms with Gasteiger partial charge in [-0.1, -0.05) is 152 Å². The van der Waals surface area contributed by atoms with Gasteiger partial charge in [0.1, 0.15) is 0 Å². The Morgan fingerprint density at radius 1 is 0.345 bits per heavy atom. The van der Waals surface area contributed by atoms with Gasteiger partial charge in [0, 0.05) is 63.8 Å². The molecule has 8 aromatic carbocycles. The van der Waals surface area contributed by atoms with Gasteiger partial charge in [-0.05, 0) is 47.5 Å². The van der Waals surface area contributed by atoms with E-state index in [1.807, 2.05) is 41.7 Å². The van der Waals surface area contributed by atoms with Crippen molar-refractivity contribution >= 4 is 75.0 Å². The van der Waals surface area contributed by atoms with Crippen molar-refractivity contribution < 1.29 is 0 Å². The van der Waals surface area contributed by atoms with E-state index in [2.05, 4.69) is 162 Å². The normalized spacial score (nSPS) is 11.8. The summed E-state index contributed by atoms with van der Waals surface area (Å²) in [6.07, 6.45) is 0. The van der Waals surface area contributed by atoms with Crippen molar-refractivity contribution in [2.24, 2.45) is 0 Å². The van der Waals surface area contributed by atoms with Crippen LogP contribution in [0.2, 0.25) is 0 Å². The molecule has 4 heterocycles. The van der Waals surface area contributed by atoms with Crippen LogP contribution in [-0.4, -0.2) is 24.5 Å². The number of nitrogens with zero attached hydrogens (tertiary/aromatic N) is 5. The fourth-order valence-electron chi connectivity index (χ4n) is 8.56. The molecule has 0 bridgehead atoms. The number of thiophene rings is 1. The molecule has 0 saturated heterocycles. The molecule has 0 saturated carbocycles. The Bertz CT molecular complexity index is 3500. The van der Waals surface area contributed by atoms with E-state index in [0.717, 1.165) is 60.8 Å². The zero-order valence-electron chi connectivity index (χ0n) is 31.0. The first-order valence-electron chi connectivity index (χ1n) is 19.4. The van der Waals surface area contributed by atoms with Crippen LogP contribution in [0.1, 0.15) is 0 Å². The summed E-state index contributed by atoms with van der Waals surface area (Å²) in [6.45, 7) is 0. The number of benzene rings is 8. The van der Waals surface area contributed by atoms with Crippen molar-refractivity contribution in [3.8, 4) is 51.1 Å². The van der Waals surface area contributed by atoms with Gasteiger partial charge in [-0.3, -0.25) is 4.57 Å². The summed E-state index contributed by atoms with van der Waals surface area (Å²) < 4.78 is 4.69. The highest BCUT2D eigenvalue weighted by Crippen LogP contribution is 2.44. The monoisotopic (exact) mass is 757 g/mol. The van der Waals surface area contributed by atoms with Gasteiger partial charge in [-0.25, -0.2) is 9.97 Å². The predicted octanol–water partition coefficient (Wildman–Crippen LogP) is 13.7. The maximum Gasteiger partial charge on any atom is 0.238 e. The smallest absolute Gasteiger partial charge is 0.238 e. The lowest BCUT2D eigenvalue weighted by molar-refractivity contribution is 0.953. The number of fused-ring (bicyclic) bond motifs is 10. The highest BCUT2D eigenvalue weighted by atomic mass is 32.1. The second-order valence-corrected chi connectivity index (χ2v) is 15.7. The quantitative estimate of drug-likeness (QED) is 0.164. The Labute approximate surface area is 337 Å². The molecule has 0 unspecified atom stereocenters. The summed E-state index contributed by atoms with van der Waals surface area (Å²) in [5.41, 5.74) is 9.39. The summed E-state index contributed by atoms with van der Waals surface area (Å²) in [7, 11) is 0. The van der Waals surface area contributed by atoms with E-state index in [-0.39, 0.29) is 0 Å². The Morgan fingerprint density at radius 3 is 1.60 bits per heavy atom. The Morgan fingerprint density at radius 2 is 0.897 bits per heavy atom. The molecule has 0 spiro atoms. The molecule has 0 amide bonds. The largest absolute Gasteiger partial charge is 0.278 e. The molecule has 12 aromatic rings. The van der Waals surface area contributed by atoms with Gasteiger partial charge in [0.15, 0.2) is 11.6 Å². The molecule has 0 radical (unpaired) electrons. The van der Waals surface area contributed by atoms with E-state index in [0.29, 0.717) is 17.6 Å². The van der Waals surface area contributed by atoms with Crippen molar-refractivity contribution in [1.29, 1.82) is 0 Å². The highest BCUT2D eigenvalue weighted by Gasteiger charge is 2.19. The van der Waals surface area contributed by atoms with Crippen LogP contribution in [0, 0.1) is 0 Å². The number of rotatable bonds is 5. The third kappa shape index (κ3) is 5.16. The number of pyridine rings is 1. The molecule has 6 heteroatoms. The maximum absolute atomic E-state index is 5.20. The minimum absolute atomic E-state index is 0.588. The van der Waals surface area contributed by atoms with E-state index < -0.39 is 0 Å². The molecule has 5 nitrogen and oxygen atoms in total. The number of para-hydroxylation sites is 3. The van der Waals surface area contributed by atoms with Crippen LogP contribution in [0.3, 0.4) is 0 Å². The standard InChI is InChI=1S/C52H31N5S/c1-3-13-33(14-4-1)49-40-28-30-46-48(47(40)39-19-7-10-20-42(39)53-49)41-31-36(27-29-45(41)58-46)32-23-25-35(26-24-32)51-54-50(34-15-5-2-6-16-34)55-52(56-51)57-43-21-11-8-17-37(43)38-18-9-12-22-44(38)57/h1-31H. The highest BCUT2D eigenvalue weighted by molar-refractivity contribution is 7.26. The van der Waals surface area contributed by atoms with E-state index >= 15 is 0 Å². The molecule has 0 aliphatic carbocycles. The first-order valence-corrected chi connectivity index (χ1v) is 20.2. The molecule has 0 fully saturated rings. The average molecular weight is 758 g/mol. The van der Waals surface area contributed by atoms with E-state index in [1.165, 1.54) is 36.3 Å². The maximum atomic E-state index is 5.20. The zero-order chi connectivity index (χ0) is 38.2.